The second-order valence-electron chi connectivity index (χ2n) is 3.93. The average Bonchev–Trinajstić information content (AvgIpc) is 2.94. The van der Waals surface area contributed by atoms with Crippen LogP contribution in [0.1, 0.15) is 11.6 Å². The molecule has 0 aliphatic rings. The quantitative estimate of drug-likeness (QED) is 0.669. The number of hydrogen-bond acceptors (Lipinski definition) is 4. The fourth-order valence-electron chi connectivity index (χ4n) is 1.87. The van der Waals surface area contributed by atoms with E-state index in [9.17, 15) is 0 Å². The van der Waals surface area contributed by atoms with Crippen LogP contribution in [0.3, 0.4) is 0 Å². The maximum absolute atomic E-state index is 5.92. The van der Waals surface area contributed by atoms with Gasteiger partial charge in [0.2, 0.25) is 0 Å². The summed E-state index contributed by atoms with van der Waals surface area (Å²) in [5.41, 5.74) is 1.64. The van der Waals surface area contributed by atoms with Crippen molar-refractivity contribution >= 4 is 22.8 Å². The van der Waals surface area contributed by atoms with E-state index in [-0.39, 0.29) is 0 Å². The van der Waals surface area contributed by atoms with Gasteiger partial charge in [-0.05, 0) is 12.1 Å². The van der Waals surface area contributed by atoms with E-state index in [1.165, 1.54) is 0 Å². The largest absolute Gasteiger partial charge is 0.304 e. The van der Waals surface area contributed by atoms with Gasteiger partial charge in [-0.2, -0.15) is 5.10 Å². The first-order chi connectivity index (χ1) is 8.78. The molecular formula is C11H11ClN6. The van der Waals surface area contributed by atoms with Gasteiger partial charge in [0, 0.05) is 13.2 Å². The molecule has 92 valence electrons. The Bertz CT molecular complexity index is 686. The van der Waals surface area contributed by atoms with E-state index in [1.54, 1.807) is 17.2 Å². The van der Waals surface area contributed by atoms with E-state index in [2.05, 4.69) is 20.1 Å². The maximum atomic E-state index is 5.92. The molecule has 0 N–H and O–H groups in total. The Morgan fingerprint density at radius 1 is 1.33 bits per heavy atom. The summed E-state index contributed by atoms with van der Waals surface area (Å²) in [6.45, 7) is 0.524. The normalized spacial score (nSPS) is 11.2. The SMILES string of the molecule is Cn1cnc(Cn2c(CCl)nc3cccnc32)n1. The molecule has 0 saturated carbocycles. The minimum atomic E-state index is 0.337. The highest BCUT2D eigenvalue weighted by atomic mass is 35.5. The fourth-order valence-corrected chi connectivity index (χ4v) is 2.08. The first-order valence-electron chi connectivity index (χ1n) is 5.48. The summed E-state index contributed by atoms with van der Waals surface area (Å²) in [5.74, 6) is 1.83. The summed E-state index contributed by atoms with van der Waals surface area (Å²) in [7, 11) is 1.84. The zero-order valence-electron chi connectivity index (χ0n) is 9.78. The van der Waals surface area contributed by atoms with E-state index in [0.717, 1.165) is 17.0 Å². The fraction of sp³-hybridized carbons (Fsp3) is 0.273. The van der Waals surface area contributed by atoms with Crippen molar-refractivity contribution in [3.63, 3.8) is 0 Å². The highest BCUT2D eigenvalue weighted by molar-refractivity contribution is 6.16. The predicted octanol–water partition coefficient (Wildman–Crippen LogP) is 1.35. The van der Waals surface area contributed by atoms with Gasteiger partial charge in [0.15, 0.2) is 11.5 Å². The molecule has 0 atom stereocenters. The maximum Gasteiger partial charge on any atom is 0.170 e. The van der Waals surface area contributed by atoms with Crippen LogP contribution in [-0.4, -0.2) is 29.3 Å². The summed E-state index contributed by atoms with van der Waals surface area (Å²) in [6.07, 6.45) is 3.41. The molecule has 0 fully saturated rings. The minimum absolute atomic E-state index is 0.337. The molecule has 6 nitrogen and oxygen atoms in total. The minimum Gasteiger partial charge on any atom is -0.304 e. The molecule has 18 heavy (non-hydrogen) atoms. The van der Waals surface area contributed by atoms with Crippen molar-refractivity contribution in [1.29, 1.82) is 0 Å². The lowest BCUT2D eigenvalue weighted by atomic mass is 10.4. The summed E-state index contributed by atoms with van der Waals surface area (Å²) in [6, 6.07) is 3.78. The number of aromatic nitrogens is 6. The van der Waals surface area contributed by atoms with Crippen LogP contribution >= 0.6 is 11.6 Å². The number of rotatable bonds is 3. The molecule has 0 aliphatic carbocycles. The van der Waals surface area contributed by atoms with E-state index in [1.807, 2.05) is 23.7 Å². The highest BCUT2D eigenvalue weighted by Gasteiger charge is 2.12. The molecule has 0 aliphatic heterocycles. The van der Waals surface area contributed by atoms with Crippen molar-refractivity contribution in [1.82, 2.24) is 29.3 Å². The monoisotopic (exact) mass is 262 g/mol. The van der Waals surface area contributed by atoms with Crippen LogP contribution in [0.25, 0.3) is 11.2 Å². The van der Waals surface area contributed by atoms with Gasteiger partial charge < -0.3 is 4.57 Å². The Morgan fingerprint density at radius 3 is 2.94 bits per heavy atom. The summed E-state index contributed by atoms with van der Waals surface area (Å²) >= 11 is 5.92. The lowest BCUT2D eigenvalue weighted by Gasteiger charge is -2.03. The number of aryl methyl sites for hydroxylation is 1. The van der Waals surface area contributed by atoms with Crippen molar-refractivity contribution in [2.75, 3.05) is 0 Å². The van der Waals surface area contributed by atoms with Crippen LogP contribution in [0.5, 0.6) is 0 Å². The molecule has 3 rings (SSSR count). The first-order valence-corrected chi connectivity index (χ1v) is 6.02. The van der Waals surface area contributed by atoms with Gasteiger partial charge in [-0.25, -0.2) is 15.0 Å². The van der Waals surface area contributed by atoms with E-state index in [4.69, 9.17) is 11.6 Å². The lowest BCUT2D eigenvalue weighted by molar-refractivity contribution is 0.694. The molecule has 0 bridgehead atoms. The van der Waals surface area contributed by atoms with Gasteiger partial charge in [-0.1, -0.05) is 0 Å². The summed E-state index contributed by atoms with van der Waals surface area (Å²) in [5, 5.41) is 4.25. The standard InChI is InChI=1S/C11H11ClN6/c1-17-7-14-9(16-17)6-18-10(5-12)15-8-3-2-4-13-11(8)18/h2-4,7H,5-6H2,1H3. The number of hydrogen-bond donors (Lipinski definition) is 0. The number of alkyl halides is 1. The third-order valence-corrected chi connectivity index (χ3v) is 2.89. The lowest BCUT2D eigenvalue weighted by Crippen LogP contribution is -2.06. The second-order valence-corrected chi connectivity index (χ2v) is 4.20. The van der Waals surface area contributed by atoms with Crippen molar-refractivity contribution in [3.8, 4) is 0 Å². The smallest absolute Gasteiger partial charge is 0.170 e. The molecule has 0 amide bonds. The summed E-state index contributed by atoms with van der Waals surface area (Å²) in [4.78, 5) is 13.0. The molecule has 3 aromatic rings. The van der Waals surface area contributed by atoms with Gasteiger partial charge in [0.1, 0.15) is 17.7 Å². The number of fused-ring (bicyclic) bond motifs is 1. The molecule has 0 unspecified atom stereocenters. The van der Waals surface area contributed by atoms with Crippen LogP contribution in [0.15, 0.2) is 24.7 Å². The number of pyridine rings is 1. The van der Waals surface area contributed by atoms with Crippen LogP contribution in [0.4, 0.5) is 0 Å². The van der Waals surface area contributed by atoms with E-state index < -0.39 is 0 Å². The van der Waals surface area contributed by atoms with E-state index >= 15 is 0 Å². The molecule has 0 radical (unpaired) electrons. The topological polar surface area (TPSA) is 61.4 Å². The Labute approximate surface area is 108 Å². The molecule has 7 heteroatoms. The van der Waals surface area contributed by atoms with Crippen molar-refractivity contribution < 1.29 is 0 Å². The molecular weight excluding hydrogens is 252 g/mol. The second kappa shape index (κ2) is 4.38. The zero-order chi connectivity index (χ0) is 12.5. The van der Waals surface area contributed by atoms with Gasteiger partial charge in [-0.15, -0.1) is 11.6 Å². The summed E-state index contributed by atoms with van der Waals surface area (Å²) < 4.78 is 3.61. The van der Waals surface area contributed by atoms with Crippen LogP contribution in [-0.2, 0) is 19.5 Å². The van der Waals surface area contributed by atoms with Crippen LogP contribution < -0.4 is 0 Å². The Hall–Kier alpha value is -1.95. The average molecular weight is 263 g/mol. The van der Waals surface area contributed by atoms with Crippen molar-refractivity contribution in [2.45, 2.75) is 12.4 Å². The first kappa shape index (κ1) is 11.2. The van der Waals surface area contributed by atoms with Crippen molar-refractivity contribution in [3.05, 3.63) is 36.3 Å². The molecule has 0 aromatic carbocycles. The third kappa shape index (κ3) is 1.84. The van der Waals surface area contributed by atoms with Crippen LogP contribution in [0.2, 0.25) is 0 Å². The Balaban J connectivity index is 2.09. The third-order valence-electron chi connectivity index (χ3n) is 2.65. The predicted molar refractivity (Wildman–Crippen MR) is 67.2 cm³/mol. The molecule has 3 heterocycles. The zero-order valence-corrected chi connectivity index (χ0v) is 10.5. The number of imidazole rings is 1. The molecule has 0 saturated heterocycles. The van der Waals surface area contributed by atoms with Gasteiger partial charge in [0.25, 0.3) is 0 Å². The van der Waals surface area contributed by atoms with E-state index in [0.29, 0.717) is 18.2 Å². The van der Waals surface area contributed by atoms with Gasteiger partial charge in [0.05, 0.1) is 12.4 Å². The van der Waals surface area contributed by atoms with Gasteiger partial charge >= 0.3 is 0 Å². The van der Waals surface area contributed by atoms with Gasteiger partial charge in [-0.3, -0.25) is 4.68 Å². The van der Waals surface area contributed by atoms with Crippen molar-refractivity contribution in [2.24, 2.45) is 7.05 Å². The Kier molecular flexibility index (Phi) is 2.71. The molecule has 3 aromatic heterocycles. The number of nitrogens with zero attached hydrogens (tertiary/aromatic N) is 6. The Morgan fingerprint density at radius 2 is 2.22 bits per heavy atom. The molecule has 0 spiro atoms. The van der Waals surface area contributed by atoms with Crippen LogP contribution in [0, 0.1) is 0 Å². The number of halogens is 1. The highest BCUT2D eigenvalue weighted by Crippen LogP contribution is 2.15.